The van der Waals surface area contributed by atoms with Crippen LogP contribution in [0.2, 0.25) is 10.0 Å². The van der Waals surface area contributed by atoms with E-state index in [2.05, 4.69) is 10.3 Å². The van der Waals surface area contributed by atoms with Crippen LogP contribution in [0.15, 0.2) is 36.5 Å². The summed E-state index contributed by atoms with van der Waals surface area (Å²) in [7, 11) is 0. The van der Waals surface area contributed by atoms with Crippen molar-refractivity contribution in [2.45, 2.75) is 19.3 Å². The quantitative estimate of drug-likeness (QED) is 0.880. The molecule has 0 fully saturated rings. The second-order valence-corrected chi connectivity index (χ2v) is 6.12. The Morgan fingerprint density at radius 3 is 2.65 bits per heavy atom. The molecule has 0 spiro atoms. The lowest BCUT2D eigenvalue weighted by molar-refractivity contribution is 0.0941. The van der Waals surface area contributed by atoms with Gasteiger partial charge < -0.3 is 10.3 Å². The summed E-state index contributed by atoms with van der Waals surface area (Å²) < 4.78 is 0. The summed E-state index contributed by atoms with van der Waals surface area (Å²) in [6.07, 6.45) is 1.72. The molecule has 0 saturated carbocycles. The third kappa shape index (κ3) is 3.35. The zero-order valence-corrected chi connectivity index (χ0v) is 12.8. The molecule has 2 rings (SSSR count). The fraction of sp³-hybridized carbons (Fsp3) is 0.267. The van der Waals surface area contributed by atoms with E-state index in [1.54, 1.807) is 30.5 Å². The first kappa shape index (κ1) is 14.9. The zero-order valence-electron chi connectivity index (χ0n) is 11.3. The van der Waals surface area contributed by atoms with Crippen molar-refractivity contribution < 1.29 is 4.79 Å². The van der Waals surface area contributed by atoms with Crippen molar-refractivity contribution in [1.29, 1.82) is 0 Å². The Morgan fingerprint density at radius 1 is 1.30 bits per heavy atom. The molecule has 3 nitrogen and oxygen atoms in total. The van der Waals surface area contributed by atoms with Crippen molar-refractivity contribution in [2.24, 2.45) is 0 Å². The Balaban J connectivity index is 2.09. The molecule has 2 N–H and O–H groups in total. The number of halogens is 2. The second-order valence-electron chi connectivity index (χ2n) is 5.27. The number of aromatic nitrogens is 1. The summed E-state index contributed by atoms with van der Waals surface area (Å²) in [4.78, 5) is 14.8. The van der Waals surface area contributed by atoms with Gasteiger partial charge in [0.15, 0.2) is 0 Å². The number of aromatic amines is 1. The van der Waals surface area contributed by atoms with Gasteiger partial charge in [0.2, 0.25) is 0 Å². The Bertz CT molecular complexity index is 606. The van der Waals surface area contributed by atoms with E-state index in [0.717, 1.165) is 5.56 Å². The van der Waals surface area contributed by atoms with Crippen LogP contribution >= 0.6 is 23.2 Å². The van der Waals surface area contributed by atoms with Gasteiger partial charge in [-0.15, -0.1) is 0 Å². The third-order valence-corrected chi connectivity index (χ3v) is 3.74. The maximum absolute atomic E-state index is 11.9. The average molecular weight is 311 g/mol. The van der Waals surface area contributed by atoms with E-state index in [1.807, 2.05) is 19.9 Å². The highest BCUT2D eigenvalue weighted by Crippen LogP contribution is 2.31. The number of carbonyl (C=O) groups excluding carboxylic acids is 1. The SMILES string of the molecule is CC(C)(CNC(=O)c1ccc[nH]1)c1ccc(Cl)cc1Cl. The molecule has 106 valence electrons. The first-order chi connectivity index (χ1) is 9.40. The smallest absolute Gasteiger partial charge is 0.267 e. The molecule has 0 aliphatic rings. The predicted octanol–water partition coefficient (Wildman–Crippen LogP) is 4.03. The first-order valence-corrected chi connectivity index (χ1v) is 7.03. The van der Waals surface area contributed by atoms with Gasteiger partial charge in [-0.1, -0.05) is 43.1 Å². The monoisotopic (exact) mass is 310 g/mol. The maximum atomic E-state index is 11.9. The Labute approximate surface area is 128 Å². The van der Waals surface area contributed by atoms with Crippen LogP contribution in [0.3, 0.4) is 0 Å². The Kier molecular flexibility index (Phi) is 4.41. The number of nitrogens with one attached hydrogen (secondary N) is 2. The Morgan fingerprint density at radius 2 is 2.05 bits per heavy atom. The van der Waals surface area contributed by atoms with Crippen molar-refractivity contribution in [3.05, 3.63) is 57.8 Å². The van der Waals surface area contributed by atoms with Crippen LogP contribution in [0.4, 0.5) is 0 Å². The fourth-order valence-corrected chi connectivity index (χ4v) is 2.67. The summed E-state index contributed by atoms with van der Waals surface area (Å²) in [6, 6.07) is 8.93. The molecule has 0 radical (unpaired) electrons. The lowest BCUT2D eigenvalue weighted by Crippen LogP contribution is -2.37. The van der Waals surface area contributed by atoms with Crippen LogP contribution in [0, 0.1) is 0 Å². The fourth-order valence-electron chi connectivity index (χ4n) is 2.00. The number of H-pyrrole nitrogens is 1. The number of benzene rings is 1. The van der Waals surface area contributed by atoms with Gasteiger partial charge in [0, 0.05) is 28.2 Å². The minimum absolute atomic E-state index is 0.131. The maximum Gasteiger partial charge on any atom is 0.267 e. The second kappa shape index (κ2) is 5.90. The minimum atomic E-state index is -0.288. The lowest BCUT2D eigenvalue weighted by atomic mass is 9.84. The molecule has 1 aromatic heterocycles. The van der Waals surface area contributed by atoms with Crippen LogP contribution in [0.5, 0.6) is 0 Å². The van der Waals surface area contributed by atoms with Crippen molar-refractivity contribution in [3.8, 4) is 0 Å². The third-order valence-electron chi connectivity index (χ3n) is 3.19. The zero-order chi connectivity index (χ0) is 14.8. The highest BCUT2D eigenvalue weighted by molar-refractivity contribution is 6.35. The summed E-state index contributed by atoms with van der Waals surface area (Å²) in [6.45, 7) is 4.53. The number of hydrogen-bond donors (Lipinski definition) is 2. The molecule has 0 saturated heterocycles. The van der Waals surface area contributed by atoms with Crippen LogP contribution in [0.25, 0.3) is 0 Å². The van der Waals surface area contributed by atoms with E-state index in [0.29, 0.717) is 22.3 Å². The van der Waals surface area contributed by atoms with Gasteiger partial charge in [0.25, 0.3) is 5.91 Å². The van der Waals surface area contributed by atoms with E-state index < -0.39 is 0 Å². The molecule has 1 aromatic carbocycles. The minimum Gasteiger partial charge on any atom is -0.357 e. The van der Waals surface area contributed by atoms with Gasteiger partial charge in [0.05, 0.1) is 0 Å². The first-order valence-electron chi connectivity index (χ1n) is 6.27. The molecule has 0 unspecified atom stereocenters. The number of hydrogen-bond acceptors (Lipinski definition) is 1. The largest absolute Gasteiger partial charge is 0.357 e. The molecule has 20 heavy (non-hydrogen) atoms. The van der Waals surface area contributed by atoms with Crippen molar-refractivity contribution >= 4 is 29.1 Å². The van der Waals surface area contributed by atoms with Gasteiger partial charge in [-0.05, 0) is 29.8 Å². The topological polar surface area (TPSA) is 44.9 Å². The number of rotatable bonds is 4. The molecule has 0 aliphatic carbocycles. The molecule has 1 amide bonds. The van der Waals surface area contributed by atoms with Crippen molar-refractivity contribution in [2.75, 3.05) is 6.54 Å². The summed E-state index contributed by atoms with van der Waals surface area (Å²) in [5, 5.41) is 4.11. The highest BCUT2D eigenvalue weighted by Gasteiger charge is 2.24. The Hall–Kier alpha value is -1.45. The van der Waals surface area contributed by atoms with Crippen LogP contribution in [0.1, 0.15) is 29.9 Å². The van der Waals surface area contributed by atoms with Crippen LogP contribution < -0.4 is 5.32 Å². The van der Waals surface area contributed by atoms with E-state index in [9.17, 15) is 4.79 Å². The molecule has 2 aromatic rings. The van der Waals surface area contributed by atoms with E-state index in [1.165, 1.54) is 0 Å². The lowest BCUT2D eigenvalue weighted by Gasteiger charge is -2.26. The van der Waals surface area contributed by atoms with Gasteiger partial charge in [-0.25, -0.2) is 0 Å². The number of amides is 1. The molecule has 1 heterocycles. The summed E-state index contributed by atoms with van der Waals surface area (Å²) >= 11 is 12.1. The molecule has 5 heteroatoms. The highest BCUT2D eigenvalue weighted by atomic mass is 35.5. The van der Waals surface area contributed by atoms with E-state index in [-0.39, 0.29) is 11.3 Å². The molecule has 0 atom stereocenters. The van der Waals surface area contributed by atoms with Gasteiger partial charge in [0.1, 0.15) is 5.69 Å². The van der Waals surface area contributed by atoms with Gasteiger partial charge >= 0.3 is 0 Å². The predicted molar refractivity (Wildman–Crippen MR) is 82.6 cm³/mol. The van der Waals surface area contributed by atoms with E-state index in [4.69, 9.17) is 23.2 Å². The summed E-state index contributed by atoms with van der Waals surface area (Å²) in [5.74, 6) is -0.131. The van der Waals surface area contributed by atoms with Gasteiger partial charge in [-0.3, -0.25) is 4.79 Å². The van der Waals surface area contributed by atoms with Crippen molar-refractivity contribution in [3.63, 3.8) is 0 Å². The normalized spacial score (nSPS) is 11.4. The standard InChI is InChI=1S/C15H16Cl2N2O/c1-15(2,11-6-5-10(16)8-12(11)17)9-19-14(20)13-4-3-7-18-13/h3-8,18H,9H2,1-2H3,(H,19,20). The van der Waals surface area contributed by atoms with Gasteiger partial charge in [-0.2, -0.15) is 0 Å². The van der Waals surface area contributed by atoms with Crippen LogP contribution in [-0.2, 0) is 5.41 Å². The summed E-state index contributed by atoms with van der Waals surface area (Å²) in [5.41, 5.74) is 1.21. The van der Waals surface area contributed by atoms with Crippen LogP contribution in [-0.4, -0.2) is 17.4 Å². The van der Waals surface area contributed by atoms with Crippen molar-refractivity contribution in [1.82, 2.24) is 10.3 Å². The molecule has 0 bridgehead atoms. The molecule has 0 aliphatic heterocycles. The number of carbonyl (C=O) groups is 1. The average Bonchev–Trinajstić information content (AvgIpc) is 2.89. The molecular formula is C15H16Cl2N2O. The van der Waals surface area contributed by atoms with E-state index >= 15 is 0 Å². The molecular weight excluding hydrogens is 295 g/mol.